The highest BCUT2D eigenvalue weighted by Gasteiger charge is 2.32. The van der Waals surface area contributed by atoms with Crippen LogP contribution in [0.5, 0.6) is 0 Å². The Kier molecular flexibility index (Phi) is 4.18. The van der Waals surface area contributed by atoms with Gasteiger partial charge >= 0.3 is 0 Å². The molecule has 19 heavy (non-hydrogen) atoms. The maximum atomic E-state index is 13.6. The van der Waals surface area contributed by atoms with Gasteiger partial charge in [-0.25, -0.2) is 8.78 Å². The first-order valence-corrected chi connectivity index (χ1v) is 6.38. The van der Waals surface area contributed by atoms with Crippen molar-refractivity contribution in [2.24, 2.45) is 0 Å². The third-order valence-corrected chi connectivity index (χ3v) is 3.17. The highest BCUT2D eigenvalue weighted by Crippen LogP contribution is 2.23. The molecule has 0 spiro atoms. The molecule has 1 saturated heterocycles. The third kappa shape index (κ3) is 3.49. The molecule has 0 radical (unpaired) electrons. The zero-order valence-electron chi connectivity index (χ0n) is 11.4. The van der Waals surface area contributed by atoms with E-state index >= 15 is 0 Å². The second-order valence-electron chi connectivity index (χ2n) is 5.22. The first-order valence-electron chi connectivity index (χ1n) is 6.38. The predicted octanol–water partition coefficient (Wildman–Crippen LogP) is 2.77. The average molecular weight is 271 g/mol. The standard InChI is InChI=1S/C14H19F2NO2/c1-9(11-5-4-6-12(15)13(11)16)17-7-10-8-18-14(2,3)19-10/h4-6,9-10,17H,7-8H2,1-3H3. The van der Waals surface area contributed by atoms with Crippen molar-refractivity contribution in [3.63, 3.8) is 0 Å². The molecule has 1 aliphatic heterocycles. The van der Waals surface area contributed by atoms with Crippen molar-refractivity contribution < 1.29 is 18.3 Å². The number of hydrogen-bond donors (Lipinski definition) is 1. The quantitative estimate of drug-likeness (QED) is 0.913. The molecule has 0 aromatic heterocycles. The summed E-state index contributed by atoms with van der Waals surface area (Å²) in [5, 5.41) is 3.14. The van der Waals surface area contributed by atoms with Gasteiger partial charge in [0.1, 0.15) is 0 Å². The molecule has 1 aromatic rings. The van der Waals surface area contributed by atoms with Gasteiger partial charge in [0.05, 0.1) is 12.7 Å². The van der Waals surface area contributed by atoms with Crippen LogP contribution < -0.4 is 5.32 Å². The van der Waals surface area contributed by atoms with E-state index in [9.17, 15) is 8.78 Å². The summed E-state index contributed by atoms with van der Waals surface area (Å²) in [6, 6.07) is 3.90. The zero-order valence-corrected chi connectivity index (χ0v) is 11.4. The molecular weight excluding hydrogens is 252 g/mol. The summed E-state index contributed by atoms with van der Waals surface area (Å²) in [6.45, 7) is 6.52. The second kappa shape index (κ2) is 5.53. The van der Waals surface area contributed by atoms with Gasteiger partial charge in [0.25, 0.3) is 0 Å². The molecule has 1 fully saturated rings. The molecule has 1 heterocycles. The summed E-state index contributed by atoms with van der Waals surface area (Å²) in [6.07, 6.45) is -0.0749. The fraction of sp³-hybridized carbons (Fsp3) is 0.571. The Hall–Kier alpha value is -1.04. The molecule has 3 nitrogen and oxygen atoms in total. The molecule has 1 aromatic carbocycles. The van der Waals surface area contributed by atoms with Crippen LogP contribution in [0.4, 0.5) is 8.78 Å². The molecule has 5 heteroatoms. The summed E-state index contributed by atoms with van der Waals surface area (Å²) >= 11 is 0. The highest BCUT2D eigenvalue weighted by atomic mass is 19.2. The van der Waals surface area contributed by atoms with Crippen LogP contribution >= 0.6 is 0 Å². The van der Waals surface area contributed by atoms with Crippen molar-refractivity contribution >= 4 is 0 Å². The minimum atomic E-state index is -0.826. The van der Waals surface area contributed by atoms with Gasteiger partial charge in [0, 0.05) is 18.2 Å². The summed E-state index contributed by atoms with van der Waals surface area (Å²) in [5.41, 5.74) is 0.318. The van der Waals surface area contributed by atoms with Crippen LogP contribution in [0.3, 0.4) is 0 Å². The van der Waals surface area contributed by atoms with Gasteiger partial charge in [-0.05, 0) is 26.8 Å². The van der Waals surface area contributed by atoms with Crippen LogP contribution in [-0.2, 0) is 9.47 Å². The van der Waals surface area contributed by atoms with Crippen LogP contribution in [0.2, 0.25) is 0 Å². The highest BCUT2D eigenvalue weighted by molar-refractivity contribution is 5.21. The van der Waals surface area contributed by atoms with Crippen molar-refractivity contribution in [1.29, 1.82) is 0 Å². The first kappa shape index (κ1) is 14.4. The Morgan fingerprint density at radius 2 is 2.16 bits per heavy atom. The molecule has 1 aliphatic rings. The monoisotopic (exact) mass is 271 g/mol. The first-order chi connectivity index (χ1) is 8.89. The Labute approximate surface area is 111 Å². The number of ether oxygens (including phenoxy) is 2. The van der Waals surface area contributed by atoms with E-state index in [1.807, 2.05) is 13.8 Å². The Balaban J connectivity index is 1.91. The third-order valence-electron chi connectivity index (χ3n) is 3.17. The van der Waals surface area contributed by atoms with E-state index in [0.29, 0.717) is 18.7 Å². The summed E-state index contributed by atoms with van der Waals surface area (Å²) in [7, 11) is 0. The number of nitrogens with one attached hydrogen (secondary N) is 1. The van der Waals surface area contributed by atoms with Gasteiger partial charge in [-0.15, -0.1) is 0 Å². The van der Waals surface area contributed by atoms with Crippen molar-refractivity contribution in [2.45, 2.75) is 38.7 Å². The Morgan fingerprint density at radius 3 is 2.79 bits per heavy atom. The maximum Gasteiger partial charge on any atom is 0.163 e. The number of hydrogen-bond acceptors (Lipinski definition) is 3. The summed E-state index contributed by atoms with van der Waals surface area (Å²) in [4.78, 5) is 0. The summed E-state index contributed by atoms with van der Waals surface area (Å²) in [5.74, 6) is -2.20. The minimum Gasteiger partial charge on any atom is -0.348 e. The predicted molar refractivity (Wildman–Crippen MR) is 67.7 cm³/mol. The minimum absolute atomic E-state index is 0.0749. The van der Waals surface area contributed by atoms with Gasteiger partial charge in [0.2, 0.25) is 0 Å². The lowest BCUT2D eigenvalue weighted by atomic mass is 10.1. The van der Waals surface area contributed by atoms with E-state index in [-0.39, 0.29) is 12.1 Å². The van der Waals surface area contributed by atoms with Crippen LogP contribution in [0, 0.1) is 11.6 Å². The van der Waals surface area contributed by atoms with Crippen molar-refractivity contribution in [2.75, 3.05) is 13.2 Å². The molecule has 106 valence electrons. The van der Waals surface area contributed by atoms with Gasteiger partial charge < -0.3 is 14.8 Å². The van der Waals surface area contributed by atoms with E-state index in [4.69, 9.17) is 9.47 Å². The number of halogens is 2. The lowest BCUT2D eigenvalue weighted by Crippen LogP contribution is -2.32. The zero-order chi connectivity index (χ0) is 14.0. The van der Waals surface area contributed by atoms with E-state index in [1.165, 1.54) is 6.07 Å². The fourth-order valence-electron chi connectivity index (χ4n) is 2.14. The number of rotatable bonds is 4. The van der Waals surface area contributed by atoms with Crippen molar-refractivity contribution in [3.8, 4) is 0 Å². The number of benzene rings is 1. The van der Waals surface area contributed by atoms with Gasteiger partial charge in [-0.1, -0.05) is 12.1 Å². The Morgan fingerprint density at radius 1 is 1.42 bits per heavy atom. The molecule has 2 unspecified atom stereocenters. The molecule has 0 bridgehead atoms. The second-order valence-corrected chi connectivity index (χ2v) is 5.22. The van der Waals surface area contributed by atoms with E-state index in [0.717, 1.165) is 6.07 Å². The van der Waals surface area contributed by atoms with E-state index in [2.05, 4.69) is 5.32 Å². The molecule has 2 atom stereocenters. The largest absolute Gasteiger partial charge is 0.348 e. The smallest absolute Gasteiger partial charge is 0.163 e. The average Bonchev–Trinajstić information content (AvgIpc) is 2.69. The van der Waals surface area contributed by atoms with Crippen LogP contribution in [0.15, 0.2) is 18.2 Å². The van der Waals surface area contributed by atoms with Crippen LogP contribution in [0.25, 0.3) is 0 Å². The maximum absolute atomic E-state index is 13.6. The fourth-order valence-corrected chi connectivity index (χ4v) is 2.14. The van der Waals surface area contributed by atoms with Gasteiger partial charge in [-0.2, -0.15) is 0 Å². The SMILES string of the molecule is CC(NCC1COC(C)(C)O1)c1cccc(F)c1F. The lowest BCUT2D eigenvalue weighted by Gasteiger charge is -2.20. The normalized spacial score (nSPS) is 23.5. The topological polar surface area (TPSA) is 30.5 Å². The molecular formula is C14H19F2NO2. The van der Waals surface area contributed by atoms with Crippen molar-refractivity contribution in [1.82, 2.24) is 5.32 Å². The van der Waals surface area contributed by atoms with Gasteiger partial charge in [0.15, 0.2) is 17.4 Å². The van der Waals surface area contributed by atoms with Crippen LogP contribution in [-0.4, -0.2) is 25.0 Å². The van der Waals surface area contributed by atoms with E-state index in [1.54, 1.807) is 13.0 Å². The molecule has 1 N–H and O–H groups in total. The van der Waals surface area contributed by atoms with E-state index < -0.39 is 17.4 Å². The van der Waals surface area contributed by atoms with Crippen LogP contribution in [0.1, 0.15) is 32.4 Å². The van der Waals surface area contributed by atoms with Gasteiger partial charge in [-0.3, -0.25) is 0 Å². The summed E-state index contributed by atoms with van der Waals surface area (Å²) < 4.78 is 37.8. The lowest BCUT2D eigenvalue weighted by molar-refractivity contribution is -0.137. The van der Waals surface area contributed by atoms with Crippen molar-refractivity contribution in [3.05, 3.63) is 35.4 Å². The Bertz CT molecular complexity index is 451. The molecule has 0 saturated carbocycles. The molecule has 2 rings (SSSR count). The molecule has 0 aliphatic carbocycles. The molecule has 0 amide bonds.